The molecule has 0 aliphatic carbocycles. The number of allylic oxidation sites excluding steroid dienone is 1. The van der Waals surface area contributed by atoms with E-state index in [1.165, 1.54) is 0 Å². The van der Waals surface area contributed by atoms with Crippen LogP contribution in [-0.4, -0.2) is 0 Å². The monoisotopic (exact) mass is 205 g/mol. The quantitative estimate of drug-likeness (QED) is 0.719. The summed E-state index contributed by atoms with van der Waals surface area (Å²) in [5, 5.41) is 9.20. The maximum absolute atomic E-state index is 8.38. The van der Waals surface area contributed by atoms with Gasteiger partial charge in [0.05, 0.1) is 12.5 Å². The van der Waals surface area contributed by atoms with Gasteiger partial charge in [0.15, 0.2) is 0 Å². The first-order valence-corrected chi connectivity index (χ1v) is 4.83. The first-order chi connectivity index (χ1) is 6.65. The topological polar surface area (TPSA) is 23.8 Å². The lowest BCUT2D eigenvalue weighted by Gasteiger charge is -2.03. The van der Waals surface area contributed by atoms with Gasteiger partial charge in [0.1, 0.15) is 0 Å². The molecule has 0 heterocycles. The highest BCUT2D eigenvalue weighted by molar-refractivity contribution is 6.32. The molecule has 0 amide bonds. The van der Waals surface area contributed by atoms with Crippen molar-refractivity contribution in [3.8, 4) is 6.07 Å². The minimum Gasteiger partial charge on any atom is -0.198 e. The first kappa shape index (κ1) is 10.8. The summed E-state index contributed by atoms with van der Waals surface area (Å²) in [4.78, 5) is 0. The SMILES string of the molecule is Cc1cc(C=CCC#N)cc(C)c1Cl. The fourth-order valence-electron chi connectivity index (χ4n) is 1.32. The van der Waals surface area contributed by atoms with Crippen molar-refractivity contribution in [1.29, 1.82) is 5.26 Å². The molecule has 0 saturated carbocycles. The van der Waals surface area contributed by atoms with Gasteiger partial charge < -0.3 is 0 Å². The molecule has 1 nitrogen and oxygen atoms in total. The van der Waals surface area contributed by atoms with Crippen LogP contribution in [-0.2, 0) is 0 Å². The van der Waals surface area contributed by atoms with E-state index in [1.54, 1.807) is 0 Å². The van der Waals surface area contributed by atoms with Gasteiger partial charge in [0, 0.05) is 5.02 Å². The first-order valence-electron chi connectivity index (χ1n) is 4.45. The highest BCUT2D eigenvalue weighted by atomic mass is 35.5. The van der Waals surface area contributed by atoms with E-state index in [0.717, 1.165) is 21.7 Å². The van der Waals surface area contributed by atoms with E-state index in [0.29, 0.717) is 6.42 Å². The summed E-state index contributed by atoms with van der Waals surface area (Å²) in [6, 6.07) is 6.10. The Morgan fingerprint density at radius 2 is 1.93 bits per heavy atom. The Bertz CT molecular complexity index is 376. The van der Waals surface area contributed by atoms with Gasteiger partial charge >= 0.3 is 0 Å². The molecule has 72 valence electrons. The van der Waals surface area contributed by atoms with Crippen molar-refractivity contribution in [2.45, 2.75) is 20.3 Å². The third-order valence-electron chi connectivity index (χ3n) is 1.98. The molecule has 0 saturated heterocycles. The number of halogens is 1. The van der Waals surface area contributed by atoms with E-state index in [-0.39, 0.29) is 0 Å². The van der Waals surface area contributed by atoms with Crippen LogP contribution in [0.3, 0.4) is 0 Å². The van der Waals surface area contributed by atoms with Crippen molar-refractivity contribution in [2.24, 2.45) is 0 Å². The van der Waals surface area contributed by atoms with Crippen molar-refractivity contribution in [2.75, 3.05) is 0 Å². The second-order valence-electron chi connectivity index (χ2n) is 3.23. The molecule has 0 aromatic heterocycles. The van der Waals surface area contributed by atoms with Gasteiger partial charge in [0.25, 0.3) is 0 Å². The van der Waals surface area contributed by atoms with Crippen LogP contribution in [0.1, 0.15) is 23.1 Å². The summed E-state index contributed by atoms with van der Waals surface area (Å²) in [5.41, 5.74) is 3.24. The summed E-state index contributed by atoms with van der Waals surface area (Å²) in [6.07, 6.45) is 4.24. The zero-order valence-electron chi connectivity index (χ0n) is 8.34. The molecule has 0 bridgehead atoms. The normalized spacial score (nSPS) is 10.4. The molecule has 0 spiro atoms. The number of aryl methyl sites for hydroxylation is 2. The molecule has 1 aromatic carbocycles. The molecule has 14 heavy (non-hydrogen) atoms. The van der Waals surface area contributed by atoms with Crippen LogP contribution in [0, 0.1) is 25.2 Å². The molecule has 0 aliphatic heterocycles. The van der Waals surface area contributed by atoms with E-state index < -0.39 is 0 Å². The Hall–Kier alpha value is -1.26. The summed E-state index contributed by atoms with van der Waals surface area (Å²) < 4.78 is 0. The zero-order chi connectivity index (χ0) is 10.6. The minimum atomic E-state index is 0.445. The molecule has 0 radical (unpaired) electrons. The summed E-state index contributed by atoms with van der Waals surface area (Å²) in [7, 11) is 0. The van der Waals surface area contributed by atoms with Crippen molar-refractivity contribution in [1.82, 2.24) is 0 Å². The molecular weight excluding hydrogens is 194 g/mol. The number of rotatable bonds is 2. The average Bonchev–Trinajstić information content (AvgIpc) is 2.14. The fraction of sp³-hybridized carbons (Fsp3) is 0.250. The van der Waals surface area contributed by atoms with Crippen LogP contribution in [0.4, 0.5) is 0 Å². The second kappa shape index (κ2) is 4.83. The molecule has 2 heteroatoms. The molecule has 0 atom stereocenters. The second-order valence-corrected chi connectivity index (χ2v) is 3.61. The fourth-order valence-corrected chi connectivity index (χ4v) is 1.43. The van der Waals surface area contributed by atoms with E-state index >= 15 is 0 Å². The number of nitriles is 1. The van der Waals surface area contributed by atoms with Gasteiger partial charge in [-0.15, -0.1) is 0 Å². The molecule has 0 unspecified atom stereocenters. The molecule has 0 aliphatic rings. The number of hydrogen-bond donors (Lipinski definition) is 0. The van der Waals surface area contributed by atoms with Gasteiger partial charge in [-0.1, -0.05) is 35.9 Å². The Morgan fingerprint density at radius 3 is 2.43 bits per heavy atom. The average molecular weight is 206 g/mol. The molecule has 1 rings (SSSR count). The van der Waals surface area contributed by atoms with Crippen LogP contribution in [0.2, 0.25) is 5.02 Å². The van der Waals surface area contributed by atoms with Crippen LogP contribution >= 0.6 is 11.6 Å². The lowest BCUT2D eigenvalue weighted by atomic mass is 10.1. The van der Waals surface area contributed by atoms with Crippen molar-refractivity contribution in [3.05, 3.63) is 39.9 Å². The zero-order valence-corrected chi connectivity index (χ0v) is 9.10. The van der Waals surface area contributed by atoms with E-state index in [1.807, 2.05) is 38.1 Å². The predicted octanol–water partition coefficient (Wildman–Crippen LogP) is 3.88. The largest absolute Gasteiger partial charge is 0.198 e. The standard InChI is InChI=1S/C12H12ClN/c1-9-7-11(5-3-4-6-14)8-10(2)12(9)13/h3,5,7-8H,4H2,1-2H3. The van der Waals surface area contributed by atoms with E-state index in [4.69, 9.17) is 16.9 Å². The van der Waals surface area contributed by atoms with Gasteiger partial charge in [-0.3, -0.25) is 0 Å². The van der Waals surface area contributed by atoms with Gasteiger partial charge in [-0.05, 0) is 30.5 Å². The van der Waals surface area contributed by atoms with Gasteiger partial charge in [0.2, 0.25) is 0 Å². The van der Waals surface area contributed by atoms with Crippen molar-refractivity contribution < 1.29 is 0 Å². The molecular formula is C12H12ClN. The smallest absolute Gasteiger partial charge is 0.0663 e. The summed E-state index contributed by atoms with van der Waals surface area (Å²) >= 11 is 6.03. The van der Waals surface area contributed by atoms with Crippen LogP contribution < -0.4 is 0 Å². The lowest BCUT2D eigenvalue weighted by molar-refractivity contribution is 1.35. The van der Waals surface area contributed by atoms with E-state index in [2.05, 4.69) is 6.07 Å². The molecule has 0 fully saturated rings. The van der Waals surface area contributed by atoms with Crippen molar-refractivity contribution in [3.63, 3.8) is 0 Å². The Kier molecular flexibility index (Phi) is 3.73. The molecule has 1 aromatic rings. The van der Waals surface area contributed by atoms with E-state index in [9.17, 15) is 0 Å². The Morgan fingerprint density at radius 1 is 1.36 bits per heavy atom. The third-order valence-corrected chi connectivity index (χ3v) is 2.57. The number of nitrogens with zero attached hydrogens (tertiary/aromatic N) is 1. The molecule has 0 N–H and O–H groups in total. The maximum atomic E-state index is 8.38. The summed E-state index contributed by atoms with van der Waals surface area (Å²) in [6.45, 7) is 3.97. The minimum absolute atomic E-state index is 0.445. The number of benzene rings is 1. The highest BCUT2D eigenvalue weighted by Crippen LogP contribution is 2.22. The van der Waals surface area contributed by atoms with Crippen molar-refractivity contribution >= 4 is 17.7 Å². The van der Waals surface area contributed by atoms with Crippen LogP contribution in [0.15, 0.2) is 18.2 Å². The maximum Gasteiger partial charge on any atom is 0.0663 e. The number of hydrogen-bond acceptors (Lipinski definition) is 1. The highest BCUT2D eigenvalue weighted by Gasteiger charge is 1.99. The van der Waals surface area contributed by atoms with Gasteiger partial charge in [-0.25, -0.2) is 0 Å². The van der Waals surface area contributed by atoms with Crippen LogP contribution in [0.5, 0.6) is 0 Å². The Labute approximate surface area is 89.6 Å². The Balaban J connectivity index is 2.96. The third kappa shape index (κ3) is 2.61. The van der Waals surface area contributed by atoms with Gasteiger partial charge in [-0.2, -0.15) is 5.26 Å². The predicted molar refractivity (Wildman–Crippen MR) is 60.2 cm³/mol. The summed E-state index contributed by atoms with van der Waals surface area (Å²) in [5.74, 6) is 0. The lowest BCUT2D eigenvalue weighted by Crippen LogP contribution is -1.83. The van der Waals surface area contributed by atoms with Crippen LogP contribution in [0.25, 0.3) is 6.08 Å².